The van der Waals surface area contributed by atoms with Crippen molar-refractivity contribution in [2.24, 2.45) is 0 Å². The molecule has 0 fully saturated rings. The third kappa shape index (κ3) is 1.58. The Morgan fingerprint density at radius 2 is 2.23 bits per heavy atom. The van der Waals surface area contributed by atoms with Gasteiger partial charge in [-0.25, -0.2) is 0 Å². The maximum Gasteiger partial charge on any atom is 0.0537 e. The van der Waals surface area contributed by atoms with Gasteiger partial charge in [0.2, 0.25) is 0 Å². The van der Waals surface area contributed by atoms with Crippen molar-refractivity contribution in [1.82, 2.24) is 0 Å². The normalized spacial score (nSPS) is 10.9. The number of hydrogen-bond acceptors (Lipinski definition) is 3. The number of alkyl halides is 1. The summed E-state index contributed by atoms with van der Waals surface area (Å²) in [6, 6.07) is 6.12. The smallest absolute Gasteiger partial charge is 0.0537 e. The number of hydrogen-bond donors (Lipinski definition) is 2. The van der Waals surface area contributed by atoms with E-state index < -0.39 is 0 Å². The van der Waals surface area contributed by atoms with Crippen molar-refractivity contribution in [3.8, 4) is 0 Å². The first-order chi connectivity index (χ1) is 6.22. The molecule has 68 valence electrons. The molecule has 0 saturated heterocycles. The van der Waals surface area contributed by atoms with Crippen LogP contribution in [0.2, 0.25) is 0 Å². The first-order valence-corrected chi connectivity index (χ1v) is 6.16. The number of nitrogens with two attached hydrogens (primary N) is 1. The highest BCUT2D eigenvalue weighted by molar-refractivity contribution is 9.08. The van der Waals surface area contributed by atoms with Gasteiger partial charge in [-0.1, -0.05) is 15.9 Å². The van der Waals surface area contributed by atoms with Gasteiger partial charge in [-0.05, 0) is 18.2 Å². The molecule has 1 aromatic carbocycles. The third-order valence-corrected chi connectivity index (χ3v) is 4.37. The van der Waals surface area contributed by atoms with Gasteiger partial charge in [-0.3, -0.25) is 0 Å². The summed E-state index contributed by atoms with van der Waals surface area (Å²) in [5, 5.41) is 2.00. The minimum Gasteiger partial charge on any atom is -0.397 e. The molecule has 0 atom stereocenters. The number of anilines is 1. The monoisotopic (exact) mass is 273 g/mol. The van der Waals surface area contributed by atoms with Crippen molar-refractivity contribution >= 4 is 55.7 Å². The van der Waals surface area contributed by atoms with E-state index in [4.69, 9.17) is 5.73 Å². The Labute approximate surface area is 94.5 Å². The van der Waals surface area contributed by atoms with Crippen LogP contribution >= 0.6 is 39.9 Å². The number of thiol groups is 1. The molecule has 2 aromatic rings. The zero-order valence-corrected chi connectivity index (χ0v) is 10.0. The second-order valence-corrected chi connectivity index (χ2v) is 4.97. The van der Waals surface area contributed by atoms with E-state index in [1.54, 1.807) is 11.3 Å². The van der Waals surface area contributed by atoms with Gasteiger partial charge in [0.1, 0.15) is 0 Å². The Morgan fingerprint density at radius 3 is 2.92 bits per heavy atom. The zero-order valence-electron chi connectivity index (χ0n) is 6.75. The van der Waals surface area contributed by atoms with Crippen LogP contribution in [0.25, 0.3) is 10.1 Å². The van der Waals surface area contributed by atoms with Crippen molar-refractivity contribution in [2.75, 3.05) is 5.73 Å². The van der Waals surface area contributed by atoms with Gasteiger partial charge in [0.15, 0.2) is 0 Å². The lowest BCUT2D eigenvalue weighted by molar-refractivity contribution is 1.52. The second kappa shape index (κ2) is 3.52. The van der Waals surface area contributed by atoms with Crippen molar-refractivity contribution in [3.63, 3.8) is 0 Å². The molecule has 1 aromatic heterocycles. The predicted octanol–water partition coefficient (Wildman–Crippen LogP) is 3.67. The van der Waals surface area contributed by atoms with Crippen molar-refractivity contribution in [2.45, 2.75) is 10.2 Å². The van der Waals surface area contributed by atoms with Gasteiger partial charge in [-0.2, -0.15) is 0 Å². The molecular weight excluding hydrogens is 266 g/mol. The molecule has 4 heteroatoms. The molecule has 2 N–H and O–H groups in total. The van der Waals surface area contributed by atoms with E-state index >= 15 is 0 Å². The molecule has 2 rings (SSSR count). The Morgan fingerprint density at radius 1 is 1.46 bits per heavy atom. The summed E-state index contributed by atoms with van der Waals surface area (Å²) >= 11 is 9.47. The van der Waals surface area contributed by atoms with E-state index in [-0.39, 0.29) is 0 Å². The summed E-state index contributed by atoms with van der Waals surface area (Å²) in [6.07, 6.45) is 0. The van der Waals surface area contributed by atoms with E-state index in [0.29, 0.717) is 0 Å². The van der Waals surface area contributed by atoms with Crippen LogP contribution in [0.3, 0.4) is 0 Å². The fraction of sp³-hybridized carbons (Fsp3) is 0.111. The molecule has 0 radical (unpaired) electrons. The third-order valence-electron chi connectivity index (χ3n) is 1.90. The molecule has 1 nitrogen and oxygen atoms in total. The van der Waals surface area contributed by atoms with Crippen molar-refractivity contribution in [3.05, 3.63) is 23.1 Å². The summed E-state index contributed by atoms with van der Waals surface area (Å²) in [4.78, 5) is 2.15. The van der Waals surface area contributed by atoms with Gasteiger partial charge in [0.25, 0.3) is 0 Å². The standard InChI is InChI=1S/C9H8BrNS2/c10-4-5-3-6-8(13-5)2-1-7(12)9(6)11/h1-3,12H,4,11H2. The van der Waals surface area contributed by atoms with E-state index in [0.717, 1.165) is 21.3 Å². The zero-order chi connectivity index (χ0) is 9.42. The summed E-state index contributed by atoms with van der Waals surface area (Å²) in [7, 11) is 0. The average Bonchev–Trinajstić information content (AvgIpc) is 2.55. The Balaban J connectivity index is 2.76. The number of fused-ring (bicyclic) bond motifs is 1. The Kier molecular flexibility index (Phi) is 2.53. The Bertz CT molecular complexity index is 450. The summed E-state index contributed by atoms with van der Waals surface area (Å²) < 4.78 is 1.23. The van der Waals surface area contributed by atoms with Gasteiger partial charge < -0.3 is 5.73 Å². The van der Waals surface area contributed by atoms with Gasteiger partial charge in [0, 0.05) is 25.2 Å². The van der Waals surface area contributed by atoms with Crippen LogP contribution in [0.4, 0.5) is 5.69 Å². The SMILES string of the molecule is Nc1c(S)ccc2sc(CBr)cc12. The predicted molar refractivity (Wildman–Crippen MR) is 66.1 cm³/mol. The molecule has 1 heterocycles. The average molecular weight is 274 g/mol. The maximum absolute atomic E-state index is 5.90. The number of benzene rings is 1. The van der Waals surface area contributed by atoms with Crippen LogP contribution < -0.4 is 5.73 Å². The molecule has 0 amide bonds. The maximum atomic E-state index is 5.90. The highest BCUT2D eigenvalue weighted by atomic mass is 79.9. The Hall–Kier alpha value is -0.190. The topological polar surface area (TPSA) is 26.0 Å². The molecular formula is C9H8BrNS2. The number of nitrogen functional groups attached to an aromatic ring is 1. The van der Waals surface area contributed by atoms with Crippen LogP contribution in [-0.4, -0.2) is 0 Å². The lowest BCUT2D eigenvalue weighted by Gasteiger charge is -1.98. The van der Waals surface area contributed by atoms with E-state index in [9.17, 15) is 0 Å². The summed E-state index contributed by atoms with van der Waals surface area (Å²) in [5.74, 6) is 0. The summed E-state index contributed by atoms with van der Waals surface area (Å²) in [6.45, 7) is 0. The quantitative estimate of drug-likeness (QED) is 0.463. The lowest BCUT2D eigenvalue weighted by atomic mass is 10.2. The molecule has 0 aliphatic heterocycles. The van der Waals surface area contributed by atoms with E-state index in [1.807, 2.05) is 6.07 Å². The van der Waals surface area contributed by atoms with Gasteiger partial charge in [-0.15, -0.1) is 24.0 Å². The van der Waals surface area contributed by atoms with E-state index in [1.165, 1.54) is 9.58 Å². The lowest BCUT2D eigenvalue weighted by Crippen LogP contribution is -1.86. The largest absolute Gasteiger partial charge is 0.397 e. The van der Waals surface area contributed by atoms with Crippen molar-refractivity contribution in [1.29, 1.82) is 0 Å². The highest BCUT2D eigenvalue weighted by Crippen LogP contribution is 2.34. The molecule has 0 saturated carbocycles. The van der Waals surface area contributed by atoms with E-state index in [2.05, 4.69) is 40.7 Å². The van der Waals surface area contributed by atoms with Crippen LogP contribution in [0, 0.1) is 0 Å². The number of halogens is 1. The molecule has 0 aliphatic rings. The first-order valence-electron chi connectivity index (χ1n) is 3.78. The molecule has 0 aliphatic carbocycles. The highest BCUT2D eigenvalue weighted by Gasteiger charge is 2.05. The molecule has 13 heavy (non-hydrogen) atoms. The van der Waals surface area contributed by atoms with Gasteiger partial charge >= 0.3 is 0 Å². The first kappa shape index (κ1) is 9.37. The number of rotatable bonds is 1. The number of thiophene rings is 1. The second-order valence-electron chi connectivity index (χ2n) is 2.76. The molecule has 0 unspecified atom stereocenters. The van der Waals surface area contributed by atoms with Crippen LogP contribution in [0.1, 0.15) is 4.88 Å². The minimum absolute atomic E-state index is 0.782. The van der Waals surface area contributed by atoms with Crippen LogP contribution in [-0.2, 0) is 5.33 Å². The fourth-order valence-electron chi connectivity index (χ4n) is 1.24. The van der Waals surface area contributed by atoms with Gasteiger partial charge in [0.05, 0.1) is 5.69 Å². The summed E-state index contributed by atoms with van der Waals surface area (Å²) in [5.41, 5.74) is 6.68. The fourth-order valence-corrected chi connectivity index (χ4v) is 2.87. The van der Waals surface area contributed by atoms with Crippen molar-refractivity contribution < 1.29 is 0 Å². The van der Waals surface area contributed by atoms with Crippen LogP contribution in [0.5, 0.6) is 0 Å². The van der Waals surface area contributed by atoms with Crippen LogP contribution in [0.15, 0.2) is 23.1 Å². The molecule has 0 bridgehead atoms. The molecule has 0 spiro atoms. The minimum atomic E-state index is 0.782.